The maximum absolute atomic E-state index is 12.7. The maximum atomic E-state index is 12.7. The summed E-state index contributed by atoms with van der Waals surface area (Å²) in [6.07, 6.45) is 59.0. The number of phosphoric ester groups is 1. The molecule has 0 aliphatic heterocycles. The number of ether oxygens (including phenoxy) is 2. The van der Waals surface area contributed by atoms with Crippen molar-refractivity contribution in [2.75, 3.05) is 33.0 Å². The molecule has 0 rings (SSSR count). The van der Waals surface area contributed by atoms with E-state index in [9.17, 15) is 19.4 Å². The fraction of sp³-hybridized carbons (Fsp3) is 0.792. The van der Waals surface area contributed by atoms with Crippen LogP contribution < -0.4 is 0 Å². The summed E-state index contributed by atoms with van der Waals surface area (Å²) in [6, 6.07) is 0. The number of carbonyl (C=O) groups is 1. The molecule has 63 heavy (non-hydrogen) atoms. The molecule has 368 valence electrons. The van der Waals surface area contributed by atoms with E-state index in [1.165, 1.54) is 116 Å². The highest BCUT2D eigenvalue weighted by molar-refractivity contribution is 7.47. The lowest BCUT2D eigenvalue weighted by molar-refractivity contribution is -0.154. The van der Waals surface area contributed by atoms with Gasteiger partial charge in [-0.3, -0.25) is 13.8 Å². The predicted octanol–water partition coefficient (Wildman–Crippen LogP) is 15.1. The van der Waals surface area contributed by atoms with Crippen molar-refractivity contribution >= 4 is 13.8 Å². The van der Waals surface area contributed by atoms with Crippen molar-refractivity contribution in [3.63, 3.8) is 0 Å². The third-order valence-corrected chi connectivity index (χ3v) is 11.9. The number of aliphatic hydroxyl groups excluding tert-OH is 2. The van der Waals surface area contributed by atoms with E-state index in [1.807, 2.05) is 0 Å². The Balaban J connectivity index is 4.11. The van der Waals surface area contributed by atoms with E-state index in [0.717, 1.165) is 83.5 Å². The highest BCUT2D eigenvalue weighted by Gasteiger charge is 2.26. The zero-order valence-electron chi connectivity index (χ0n) is 40.5. The first-order chi connectivity index (χ1) is 30.8. The lowest BCUT2D eigenvalue weighted by atomic mass is 10.0. The molecule has 10 heteroatoms. The molecule has 0 saturated heterocycles. The highest BCUT2D eigenvalue weighted by Crippen LogP contribution is 2.43. The summed E-state index contributed by atoms with van der Waals surface area (Å²) in [5.41, 5.74) is 0. The van der Waals surface area contributed by atoms with Crippen LogP contribution in [0.25, 0.3) is 0 Å². The molecule has 3 atom stereocenters. The Morgan fingerprint density at radius 1 is 0.508 bits per heavy atom. The van der Waals surface area contributed by atoms with Crippen LogP contribution in [0.1, 0.15) is 226 Å². The molecule has 9 nitrogen and oxygen atoms in total. The molecule has 0 fully saturated rings. The molecule has 0 aromatic heterocycles. The molecule has 0 aliphatic rings. The quantitative estimate of drug-likeness (QED) is 0.0236. The summed E-state index contributed by atoms with van der Waals surface area (Å²) in [5.74, 6) is -0.399. The van der Waals surface area contributed by atoms with Crippen molar-refractivity contribution in [2.24, 2.45) is 0 Å². The molecule has 0 aliphatic carbocycles. The van der Waals surface area contributed by atoms with Gasteiger partial charge in [0.05, 0.1) is 26.4 Å². The van der Waals surface area contributed by atoms with Gasteiger partial charge in [-0.15, -0.1) is 0 Å². The van der Waals surface area contributed by atoms with Crippen LogP contribution in [-0.2, 0) is 27.9 Å². The summed E-state index contributed by atoms with van der Waals surface area (Å²) in [7, 11) is -4.53. The summed E-state index contributed by atoms with van der Waals surface area (Å²) in [6.45, 7) is 3.41. The lowest BCUT2D eigenvalue weighted by Gasteiger charge is -2.20. The summed E-state index contributed by atoms with van der Waals surface area (Å²) >= 11 is 0. The molecular weight excluding hydrogens is 812 g/mol. The fourth-order valence-corrected chi connectivity index (χ4v) is 7.88. The second-order valence-electron chi connectivity index (χ2n) is 17.2. The predicted molar refractivity (Wildman–Crippen MR) is 265 cm³/mol. The number of hydrogen-bond acceptors (Lipinski definition) is 8. The van der Waals surface area contributed by atoms with E-state index in [4.69, 9.17) is 23.6 Å². The van der Waals surface area contributed by atoms with E-state index in [2.05, 4.69) is 74.6 Å². The lowest BCUT2D eigenvalue weighted by Crippen LogP contribution is -2.29. The van der Waals surface area contributed by atoms with Gasteiger partial charge >= 0.3 is 13.8 Å². The molecule has 0 aromatic rings. The molecule has 0 saturated carbocycles. The van der Waals surface area contributed by atoms with Crippen LogP contribution in [0.4, 0.5) is 0 Å². The van der Waals surface area contributed by atoms with Gasteiger partial charge < -0.3 is 24.6 Å². The Kier molecular flexibility index (Phi) is 48.1. The average molecular weight is 909 g/mol. The second-order valence-corrected chi connectivity index (χ2v) is 18.6. The zero-order chi connectivity index (χ0) is 46.0. The number of hydrogen-bond donors (Lipinski definition) is 3. The molecule has 3 N–H and O–H groups in total. The van der Waals surface area contributed by atoms with Crippen molar-refractivity contribution in [1.82, 2.24) is 0 Å². The number of rotatable bonds is 49. The fourth-order valence-electron chi connectivity index (χ4n) is 7.09. The van der Waals surface area contributed by atoms with Gasteiger partial charge in [0.1, 0.15) is 12.2 Å². The van der Waals surface area contributed by atoms with Gasteiger partial charge in [0.2, 0.25) is 0 Å². The first kappa shape index (κ1) is 61.2. The normalized spacial score (nSPS) is 14.3. The van der Waals surface area contributed by atoms with E-state index < -0.39 is 39.2 Å². The Labute approximate surface area is 387 Å². The van der Waals surface area contributed by atoms with Gasteiger partial charge in [-0.25, -0.2) is 4.57 Å². The van der Waals surface area contributed by atoms with E-state index >= 15 is 0 Å². The van der Waals surface area contributed by atoms with E-state index in [1.54, 1.807) is 0 Å². The standard InChI is InChI=1S/C53H97O9P/c1-3-5-7-9-11-13-15-17-19-21-23-25-27-29-31-33-35-37-39-41-43-45-53(56)62-52(50-61-63(57,58)60-48-51(55)47-54)49-59-46-44-42-40-38-36-34-32-30-28-26-24-22-20-18-16-14-12-10-8-6-4-2/h5,7,11,13,17,19,23,25,29,31,51-52,54-55H,3-4,6,8-10,12,14-16,18,20-22,24,26-28,30,32-50H2,1-2H3,(H,57,58)/b7-5-,13-11-,19-17-,25-23-,31-29-. The topological polar surface area (TPSA) is 132 Å². The minimum absolute atomic E-state index is 0.0417. The Morgan fingerprint density at radius 2 is 0.905 bits per heavy atom. The second kappa shape index (κ2) is 49.6. The van der Waals surface area contributed by atoms with E-state index in [-0.39, 0.29) is 19.6 Å². The van der Waals surface area contributed by atoms with Crippen LogP contribution in [0, 0.1) is 0 Å². The number of esters is 1. The van der Waals surface area contributed by atoms with Crippen LogP contribution in [-0.4, -0.2) is 66.3 Å². The zero-order valence-corrected chi connectivity index (χ0v) is 41.4. The third-order valence-electron chi connectivity index (χ3n) is 11.0. The molecule has 0 spiro atoms. The number of aliphatic hydroxyl groups is 2. The Bertz CT molecular complexity index is 1170. The van der Waals surface area contributed by atoms with Gasteiger partial charge in [0.25, 0.3) is 0 Å². The van der Waals surface area contributed by atoms with Crippen LogP contribution in [0.2, 0.25) is 0 Å². The minimum Gasteiger partial charge on any atom is -0.457 e. The number of carbonyl (C=O) groups excluding carboxylic acids is 1. The summed E-state index contributed by atoms with van der Waals surface area (Å²) in [4.78, 5) is 22.7. The molecule has 0 heterocycles. The van der Waals surface area contributed by atoms with Crippen LogP contribution in [0.5, 0.6) is 0 Å². The molecule has 3 unspecified atom stereocenters. The van der Waals surface area contributed by atoms with Crippen molar-refractivity contribution in [3.8, 4) is 0 Å². The molecule has 0 amide bonds. The van der Waals surface area contributed by atoms with Crippen molar-refractivity contribution in [1.29, 1.82) is 0 Å². The molecule has 0 bridgehead atoms. The van der Waals surface area contributed by atoms with Crippen molar-refractivity contribution in [2.45, 2.75) is 238 Å². The van der Waals surface area contributed by atoms with Gasteiger partial charge in [0, 0.05) is 13.0 Å². The van der Waals surface area contributed by atoms with Gasteiger partial charge in [-0.2, -0.15) is 0 Å². The number of unbranched alkanes of at least 4 members (excludes halogenated alkanes) is 25. The van der Waals surface area contributed by atoms with Gasteiger partial charge in [0.15, 0.2) is 0 Å². The first-order valence-electron chi connectivity index (χ1n) is 25.8. The monoisotopic (exact) mass is 909 g/mol. The Morgan fingerprint density at radius 3 is 1.37 bits per heavy atom. The first-order valence-corrected chi connectivity index (χ1v) is 27.3. The van der Waals surface area contributed by atoms with E-state index in [0.29, 0.717) is 13.0 Å². The third kappa shape index (κ3) is 49.4. The molecule has 0 radical (unpaired) electrons. The summed E-state index contributed by atoms with van der Waals surface area (Å²) in [5, 5.41) is 18.4. The van der Waals surface area contributed by atoms with Gasteiger partial charge in [-0.05, 0) is 57.8 Å². The number of phosphoric acid groups is 1. The minimum atomic E-state index is -4.53. The average Bonchev–Trinajstić information content (AvgIpc) is 3.28. The number of allylic oxidation sites excluding steroid dienone is 10. The molecule has 0 aromatic carbocycles. The van der Waals surface area contributed by atoms with Crippen molar-refractivity contribution in [3.05, 3.63) is 60.8 Å². The van der Waals surface area contributed by atoms with Crippen LogP contribution >= 0.6 is 7.82 Å². The maximum Gasteiger partial charge on any atom is 0.472 e. The van der Waals surface area contributed by atoms with Crippen LogP contribution in [0.3, 0.4) is 0 Å². The van der Waals surface area contributed by atoms with Crippen molar-refractivity contribution < 1.29 is 43.0 Å². The molecular formula is C53H97O9P. The highest BCUT2D eigenvalue weighted by atomic mass is 31.2. The Hall–Kier alpha value is -1.84. The summed E-state index contributed by atoms with van der Waals surface area (Å²) < 4.78 is 33.5. The largest absolute Gasteiger partial charge is 0.472 e. The SMILES string of the molecule is CC/C=C\C/C=C\C/C=C\C/C=C\C/C=C\CCCCCCCC(=O)OC(COCCCCCCCCCCCCCCCCCCCCCCC)COP(=O)(O)OCC(O)CO. The van der Waals surface area contributed by atoms with Gasteiger partial charge in [-0.1, -0.05) is 222 Å². The van der Waals surface area contributed by atoms with Crippen LogP contribution in [0.15, 0.2) is 60.8 Å². The smallest absolute Gasteiger partial charge is 0.457 e.